The fourth-order valence-corrected chi connectivity index (χ4v) is 2.28. The first-order chi connectivity index (χ1) is 10.4. The molecule has 1 aromatic carbocycles. The van der Waals surface area contributed by atoms with E-state index in [-0.39, 0.29) is 31.5 Å². The number of carbonyl (C=O) groups is 2. The van der Waals surface area contributed by atoms with E-state index in [1.807, 2.05) is 0 Å². The fraction of sp³-hybridized carbons (Fsp3) is 0.467. The molecule has 0 aliphatic carbocycles. The maximum atomic E-state index is 12.7. The molecular weight excluding hydrogens is 291 g/mol. The van der Waals surface area contributed by atoms with E-state index in [0.717, 1.165) is 0 Å². The smallest absolute Gasteiger partial charge is 0.317 e. The van der Waals surface area contributed by atoms with Gasteiger partial charge in [0, 0.05) is 13.1 Å². The molecule has 1 fully saturated rings. The van der Waals surface area contributed by atoms with E-state index in [4.69, 9.17) is 9.84 Å². The van der Waals surface area contributed by atoms with E-state index in [9.17, 15) is 14.0 Å². The van der Waals surface area contributed by atoms with Crippen molar-refractivity contribution in [3.8, 4) is 5.75 Å². The number of carbonyl (C=O) groups excluding carboxylic acids is 1. The topological polar surface area (TPSA) is 78.9 Å². The Morgan fingerprint density at radius 2 is 2.09 bits per heavy atom. The van der Waals surface area contributed by atoms with Crippen LogP contribution in [0.25, 0.3) is 0 Å². The second-order valence-electron chi connectivity index (χ2n) is 5.57. The number of carboxylic acids is 1. The molecule has 0 spiro atoms. The van der Waals surface area contributed by atoms with Crippen molar-refractivity contribution < 1.29 is 23.8 Å². The van der Waals surface area contributed by atoms with Crippen molar-refractivity contribution in [1.82, 2.24) is 10.2 Å². The molecule has 0 aromatic heterocycles. The van der Waals surface area contributed by atoms with Crippen LogP contribution in [0.5, 0.6) is 5.75 Å². The summed E-state index contributed by atoms with van der Waals surface area (Å²) in [7, 11) is 0. The summed E-state index contributed by atoms with van der Waals surface area (Å²) in [6.45, 7) is 2.80. The van der Waals surface area contributed by atoms with Crippen molar-refractivity contribution in [2.45, 2.75) is 13.3 Å². The van der Waals surface area contributed by atoms with Gasteiger partial charge in [-0.05, 0) is 37.6 Å². The van der Waals surface area contributed by atoms with E-state index >= 15 is 0 Å². The molecule has 1 heterocycles. The molecule has 1 aromatic rings. The van der Waals surface area contributed by atoms with Gasteiger partial charge in [0.05, 0.1) is 12.0 Å². The lowest BCUT2D eigenvalue weighted by molar-refractivity contribution is -0.147. The van der Waals surface area contributed by atoms with Crippen LogP contribution in [-0.2, 0) is 4.79 Å². The Kier molecular flexibility index (Phi) is 4.85. The second kappa shape index (κ2) is 6.64. The number of likely N-dealkylation sites (tertiary alicyclic amines) is 1. The molecule has 22 heavy (non-hydrogen) atoms. The molecule has 2 amide bonds. The number of carboxylic acid groups (broad SMARTS) is 1. The largest absolute Gasteiger partial charge is 0.492 e. The summed E-state index contributed by atoms with van der Waals surface area (Å²) in [4.78, 5) is 24.5. The number of amides is 2. The average Bonchev–Trinajstić information content (AvgIpc) is 2.89. The predicted octanol–water partition coefficient (Wildman–Crippen LogP) is 1.71. The summed E-state index contributed by atoms with van der Waals surface area (Å²) in [5.74, 6) is -0.700. The average molecular weight is 310 g/mol. The number of nitrogens with one attached hydrogen (secondary N) is 1. The van der Waals surface area contributed by atoms with E-state index in [1.165, 1.54) is 29.2 Å². The van der Waals surface area contributed by atoms with Gasteiger partial charge in [0.1, 0.15) is 18.2 Å². The van der Waals surface area contributed by atoms with Crippen LogP contribution >= 0.6 is 0 Å². The molecule has 7 heteroatoms. The van der Waals surface area contributed by atoms with E-state index in [0.29, 0.717) is 18.7 Å². The highest BCUT2D eigenvalue weighted by atomic mass is 19.1. The van der Waals surface area contributed by atoms with Gasteiger partial charge < -0.3 is 20.1 Å². The highest BCUT2D eigenvalue weighted by molar-refractivity contribution is 5.79. The predicted molar refractivity (Wildman–Crippen MR) is 77.2 cm³/mol. The van der Waals surface area contributed by atoms with Crippen LogP contribution in [0.15, 0.2) is 24.3 Å². The normalized spacial score (nSPS) is 20.7. The molecule has 2 rings (SSSR count). The van der Waals surface area contributed by atoms with Crippen molar-refractivity contribution in [2.24, 2.45) is 5.41 Å². The summed E-state index contributed by atoms with van der Waals surface area (Å²) < 4.78 is 18.1. The number of ether oxygens (including phenoxy) is 1. The first kappa shape index (κ1) is 16.1. The Hall–Kier alpha value is -2.31. The molecule has 2 N–H and O–H groups in total. The highest BCUT2D eigenvalue weighted by Crippen LogP contribution is 2.29. The van der Waals surface area contributed by atoms with Gasteiger partial charge in [0.25, 0.3) is 0 Å². The van der Waals surface area contributed by atoms with Crippen molar-refractivity contribution in [2.75, 3.05) is 26.2 Å². The minimum Gasteiger partial charge on any atom is -0.492 e. The molecule has 120 valence electrons. The number of hydrogen-bond donors (Lipinski definition) is 2. The first-order valence-corrected chi connectivity index (χ1v) is 7.05. The number of aliphatic carboxylic acids is 1. The Bertz CT molecular complexity index is 549. The molecule has 6 nitrogen and oxygen atoms in total. The summed E-state index contributed by atoms with van der Waals surface area (Å²) in [6, 6.07) is 5.31. The van der Waals surface area contributed by atoms with Gasteiger partial charge in [-0.1, -0.05) is 0 Å². The third-order valence-electron chi connectivity index (χ3n) is 3.74. The van der Waals surface area contributed by atoms with Crippen LogP contribution in [0.3, 0.4) is 0 Å². The number of urea groups is 1. The lowest BCUT2D eigenvalue weighted by atomic mass is 9.90. The standard InChI is InChI=1S/C15H19FN2O4/c1-15(13(19)20)6-8-18(10-15)14(21)17-7-9-22-12-4-2-11(16)3-5-12/h2-5H,6-10H2,1H3,(H,17,21)(H,19,20). The van der Waals surface area contributed by atoms with Gasteiger partial charge >= 0.3 is 12.0 Å². The third kappa shape index (κ3) is 3.87. The van der Waals surface area contributed by atoms with Gasteiger partial charge in [-0.2, -0.15) is 0 Å². The Labute approximate surface area is 127 Å². The Morgan fingerprint density at radius 3 is 2.68 bits per heavy atom. The lowest BCUT2D eigenvalue weighted by Gasteiger charge is -2.20. The molecule has 1 saturated heterocycles. The zero-order chi connectivity index (χ0) is 16.2. The summed E-state index contributed by atoms with van der Waals surface area (Å²) >= 11 is 0. The summed E-state index contributed by atoms with van der Waals surface area (Å²) in [5, 5.41) is 11.8. The molecule has 1 aliphatic rings. The summed E-state index contributed by atoms with van der Waals surface area (Å²) in [6.07, 6.45) is 0.446. The van der Waals surface area contributed by atoms with Crippen LogP contribution in [0.1, 0.15) is 13.3 Å². The van der Waals surface area contributed by atoms with Crippen molar-refractivity contribution >= 4 is 12.0 Å². The van der Waals surface area contributed by atoms with Gasteiger partial charge in [-0.25, -0.2) is 9.18 Å². The Balaban J connectivity index is 1.70. The maximum absolute atomic E-state index is 12.7. The number of benzene rings is 1. The highest BCUT2D eigenvalue weighted by Gasteiger charge is 2.42. The minimum atomic E-state index is -0.887. The second-order valence-corrected chi connectivity index (χ2v) is 5.57. The summed E-state index contributed by atoms with van der Waals surface area (Å²) in [5.41, 5.74) is -0.873. The molecule has 0 saturated carbocycles. The minimum absolute atomic E-state index is 0.201. The molecule has 0 radical (unpaired) electrons. The van der Waals surface area contributed by atoms with Crippen LogP contribution in [0, 0.1) is 11.2 Å². The molecule has 1 unspecified atom stereocenters. The van der Waals surface area contributed by atoms with Crippen LogP contribution in [-0.4, -0.2) is 48.2 Å². The Morgan fingerprint density at radius 1 is 1.41 bits per heavy atom. The van der Waals surface area contributed by atoms with Crippen molar-refractivity contribution in [3.05, 3.63) is 30.1 Å². The van der Waals surface area contributed by atoms with E-state index < -0.39 is 11.4 Å². The SMILES string of the molecule is CC1(C(=O)O)CCN(C(=O)NCCOc2ccc(F)cc2)C1. The number of nitrogens with zero attached hydrogens (tertiary/aromatic N) is 1. The van der Waals surface area contributed by atoms with Crippen LogP contribution in [0.2, 0.25) is 0 Å². The van der Waals surface area contributed by atoms with Gasteiger partial charge in [-0.15, -0.1) is 0 Å². The number of hydrogen-bond acceptors (Lipinski definition) is 3. The molecule has 1 atom stereocenters. The van der Waals surface area contributed by atoms with Gasteiger partial charge in [-0.3, -0.25) is 4.79 Å². The maximum Gasteiger partial charge on any atom is 0.317 e. The molecular formula is C15H19FN2O4. The fourth-order valence-electron chi connectivity index (χ4n) is 2.28. The quantitative estimate of drug-likeness (QED) is 0.812. The third-order valence-corrected chi connectivity index (χ3v) is 3.74. The number of halogens is 1. The van der Waals surface area contributed by atoms with E-state index in [1.54, 1.807) is 6.92 Å². The van der Waals surface area contributed by atoms with Crippen molar-refractivity contribution in [1.29, 1.82) is 0 Å². The van der Waals surface area contributed by atoms with Gasteiger partial charge in [0.15, 0.2) is 0 Å². The monoisotopic (exact) mass is 310 g/mol. The van der Waals surface area contributed by atoms with E-state index in [2.05, 4.69) is 5.32 Å². The lowest BCUT2D eigenvalue weighted by Crippen LogP contribution is -2.42. The molecule has 0 bridgehead atoms. The van der Waals surface area contributed by atoms with Crippen molar-refractivity contribution in [3.63, 3.8) is 0 Å². The number of rotatable bonds is 5. The van der Waals surface area contributed by atoms with Gasteiger partial charge in [0.2, 0.25) is 0 Å². The first-order valence-electron chi connectivity index (χ1n) is 7.05. The molecule has 1 aliphatic heterocycles. The zero-order valence-electron chi connectivity index (χ0n) is 12.3. The van der Waals surface area contributed by atoms with Crippen LogP contribution < -0.4 is 10.1 Å². The van der Waals surface area contributed by atoms with Crippen LogP contribution in [0.4, 0.5) is 9.18 Å². The zero-order valence-corrected chi connectivity index (χ0v) is 12.3.